The number of phenols is 1. The fourth-order valence-corrected chi connectivity index (χ4v) is 4.48. The molecule has 0 bridgehead atoms. The average Bonchev–Trinajstić information content (AvgIpc) is 2.70. The van der Waals surface area contributed by atoms with Crippen LogP contribution >= 0.6 is 11.6 Å². The van der Waals surface area contributed by atoms with Gasteiger partial charge in [0, 0.05) is 31.7 Å². The molecule has 0 saturated carbocycles. The van der Waals surface area contributed by atoms with E-state index in [1.54, 1.807) is 12.1 Å². The molecule has 0 amide bonds. The summed E-state index contributed by atoms with van der Waals surface area (Å²) in [6.07, 6.45) is 0. The molecule has 0 aliphatic carbocycles. The van der Waals surface area contributed by atoms with Crippen molar-refractivity contribution in [1.29, 1.82) is 0 Å². The molecule has 0 aromatic heterocycles. The minimum atomic E-state index is -0.243. The summed E-state index contributed by atoms with van der Waals surface area (Å²) < 4.78 is 13.6. The number of piperazine rings is 1. The van der Waals surface area contributed by atoms with Crippen LogP contribution in [0.15, 0.2) is 72.8 Å². The van der Waals surface area contributed by atoms with Crippen molar-refractivity contribution in [2.75, 3.05) is 18.0 Å². The van der Waals surface area contributed by atoms with Gasteiger partial charge in [-0.05, 0) is 42.3 Å². The van der Waals surface area contributed by atoms with Crippen molar-refractivity contribution in [2.45, 2.75) is 25.6 Å². The minimum absolute atomic E-state index is 0.0186. The van der Waals surface area contributed by atoms with Crippen molar-refractivity contribution in [1.82, 2.24) is 4.90 Å². The van der Waals surface area contributed by atoms with Gasteiger partial charge in [-0.2, -0.15) is 0 Å². The predicted octanol–water partition coefficient (Wildman–Crippen LogP) is 5.64. The number of hydrogen-bond acceptors (Lipinski definition) is 3. The number of anilines is 1. The zero-order chi connectivity index (χ0) is 20.4. The van der Waals surface area contributed by atoms with Crippen molar-refractivity contribution in [3.05, 3.63) is 94.8 Å². The zero-order valence-corrected chi connectivity index (χ0v) is 17.1. The smallest absolute Gasteiger partial charge is 0.123 e. The molecule has 5 heteroatoms. The first kappa shape index (κ1) is 19.7. The number of halogens is 2. The Bertz CT molecular complexity index is 964. The van der Waals surface area contributed by atoms with Gasteiger partial charge in [0.25, 0.3) is 0 Å². The van der Waals surface area contributed by atoms with Crippen LogP contribution < -0.4 is 4.90 Å². The van der Waals surface area contributed by atoms with Crippen LogP contribution in [0, 0.1) is 5.82 Å². The molecule has 3 nitrogen and oxygen atoms in total. The van der Waals surface area contributed by atoms with E-state index in [0.717, 1.165) is 30.9 Å². The molecule has 1 fully saturated rings. The van der Waals surface area contributed by atoms with Crippen molar-refractivity contribution < 1.29 is 9.50 Å². The average molecular weight is 411 g/mol. The van der Waals surface area contributed by atoms with E-state index in [-0.39, 0.29) is 23.7 Å². The Kier molecular flexibility index (Phi) is 5.74. The maximum Gasteiger partial charge on any atom is 0.123 e. The van der Waals surface area contributed by atoms with E-state index in [1.807, 2.05) is 24.3 Å². The minimum Gasteiger partial charge on any atom is -0.508 e. The maximum absolute atomic E-state index is 13.6. The SMILES string of the molecule is C[C@@H]1CN(Cc2ccccc2)C[C@@H](c2ccc(F)cc2)N1c1ccc(O)cc1Cl. The summed E-state index contributed by atoms with van der Waals surface area (Å²) in [5.41, 5.74) is 3.19. The molecule has 1 aliphatic rings. The van der Waals surface area contributed by atoms with Crippen molar-refractivity contribution >= 4 is 17.3 Å². The van der Waals surface area contributed by atoms with Crippen LogP contribution in [-0.2, 0) is 6.54 Å². The van der Waals surface area contributed by atoms with Crippen LogP contribution in [0.1, 0.15) is 24.1 Å². The van der Waals surface area contributed by atoms with Gasteiger partial charge in [-0.1, -0.05) is 54.1 Å². The van der Waals surface area contributed by atoms with Gasteiger partial charge >= 0.3 is 0 Å². The van der Waals surface area contributed by atoms with Crippen LogP contribution in [0.25, 0.3) is 0 Å². The van der Waals surface area contributed by atoms with E-state index in [0.29, 0.717) is 5.02 Å². The van der Waals surface area contributed by atoms with Crippen LogP contribution in [0.5, 0.6) is 5.75 Å². The summed E-state index contributed by atoms with van der Waals surface area (Å²) >= 11 is 6.50. The highest BCUT2D eigenvalue weighted by atomic mass is 35.5. The lowest BCUT2D eigenvalue weighted by Gasteiger charge is -2.47. The van der Waals surface area contributed by atoms with E-state index < -0.39 is 0 Å². The number of aromatic hydroxyl groups is 1. The van der Waals surface area contributed by atoms with Gasteiger partial charge in [0.2, 0.25) is 0 Å². The Hall–Kier alpha value is -2.56. The van der Waals surface area contributed by atoms with E-state index in [4.69, 9.17) is 11.6 Å². The molecule has 1 heterocycles. The van der Waals surface area contributed by atoms with Gasteiger partial charge in [-0.25, -0.2) is 4.39 Å². The zero-order valence-electron chi connectivity index (χ0n) is 16.3. The van der Waals surface area contributed by atoms with Crippen molar-refractivity contribution in [2.24, 2.45) is 0 Å². The highest BCUT2D eigenvalue weighted by Gasteiger charge is 2.34. The van der Waals surface area contributed by atoms with E-state index in [1.165, 1.54) is 17.7 Å². The third-order valence-corrected chi connectivity index (χ3v) is 5.78. The van der Waals surface area contributed by atoms with Crippen molar-refractivity contribution in [3.8, 4) is 5.75 Å². The monoisotopic (exact) mass is 410 g/mol. The van der Waals surface area contributed by atoms with E-state index in [9.17, 15) is 9.50 Å². The van der Waals surface area contributed by atoms with Gasteiger partial charge in [-0.3, -0.25) is 4.90 Å². The van der Waals surface area contributed by atoms with Crippen LogP contribution in [-0.4, -0.2) is 29.1 Å². The molecule has 150 valence electrons. The second-order valence-electron chi connectivity index (χ2n) is 7.64. The third-order valence-electron chi connectivity index (χ3n) is 5.48. The third kappa shape index (κ3) is 4.39. The summed E-state index contributed by atoms with van der Waals surface area (Å²) in [5.74, 6) is -0.0968. The van der Waals surface area contributed by atoms with Crippen LogP contribution in [0.4, 0.5) is 10.1 Å². The Morgan fingerprint density at radius 1 is 1.00 bits per heavy atom. The number of benzene rings is 3. The number of hydrogen-bond donors (Lipinski definition) is 1. The van der Waals surface area contributed by atoms with Crippen LogP contribution in [0.2, 0.25) is 5.02 Å². The molecule has 1 N–H and O–H groups in total. The fraction of sp³-hybridized carbons (Fsp3) is 0.250. The van der Waals surface area contributed by atoms with Gasteiger partial charge < -0.3 is 10.0 Å². The van der Waals surface area contributed by atoms with Gasteiger partial charge in [-0.15, -0.1) is 0 Å². The van der Waals surface area contributed by atoms with Crippen molar-refractivity contribution in [3.63, 3.8) is 0 Å². The quantitative estimate of drug-likeness (QED) is 0.603. The standard InChI is InChI=1S/C24H24ClFN2O/c1-17-14-27(15-18-5-3-2-4-6-18)16-24(19-7-9-20(26)10-8-19)28(17)23-12-11-21(29)13-22(23)25/h2-13,17,24,29H,14-16H2,1H3/t17-,24+/m1/s1. The molecule has 29 heavy (non-hydrogen) atoms. The Morgan fingerprint density at radius 3 is 2.41 bits per heavy atom. The normalized spacial score (nSPS) is 20.0. The molecule has 0 unspecified atom stereocenters. The Morgan fingerprint density at radius 2 is 1.72 bits per heavy atom. The van der Waals surface area contributed by atoms with E-state index >= 15 is 0 Å². The summed E-state index contributed by atoms with van der Waals surface area (Å²) in [5, 5.41) is 10.3. The predicted molar refractivity (Wildman–Crippen MR) is 116 cm³/mol. The summed E-state index contributed by atoms with van der Waals surface area (Å²) in [7, 11) is 0. The number of nitrogens with zero attached hydrogens (tertiary/aromatic N) is 2. The summed E-state index contributed by atoms with van der Waals surface area (Å²) in [4.78, 5) is 4.72. The fourth-order valence-electron chi connectivity index (χ4n) is 4.21. The largest absolute Gasteiger partial charge is 0.508 e. The lowest BCUT2D eigenvalue weighted by atomic mass is 9.97. The maximum atomic E-state index is 13.6. The molecule has 3 aromatic carbocycles. The molecule has 0 radical (unpaired) electrons. The van der Waals surface area contributed by atoms with Crippen LogP contribution in [0.3, 0.4) is 0 Å². The Balaban J connectivity index is 1.68. The lowest BCUT2D eigenvalue weighted by molar-refractivity contribution is 0.187. The molecule has 3 aromatic rings. The first-order chi connectivity index (χ1) is 14.0. The van der Waals surface area contributed by atoms with Gasteiger partial charge in [0.15, 0.2) is 0 Å². The van der Waals surface area contributed by atoms with E-state index in [2.05, 4.69) is 41.0 Å². The highest BCUT2D eigenvalue weighted by molar-refractivity contribution is 6.33. The Labute approximate surface area is 176 Å². The molecule has 4 rings (SSSR count). The molecule has 1 saturated heterocycles. The van der Waals surface area contributed by atoms with Gasteiger partial charge in [0.1, 0.15) is 11.6 Å². The first-order valence-corrected chi connectivity index (χ1v) is 10.2. The molecule has 1 aliphatic heterocycles. The second kappa shape index (κ2) is 8.44. The number of phenolic OH excluding ortho intramolecular Hbond substituents is 1. The van der Waals surface area contributed by atoms with Gasteiger partial charge in [0.05, 0.1) is 16.8 Å². The highest BCUT2D eigenvalue weighted by Crippen LogP contribution is 2.39. The summed E-state index contributed by atoms with van der Waals surface area (Å²) in [6.45, 7) is 4.71. The first-order valence-electron chi connectivity index (χ1n) is 9.80. The number of rotatable bonds is 4. The molecule has 0 spiro atoms. The molecule has 2 atom stereocenters. The second-order valence-corrected chi connectivity index (χ2v) is 8.05. The summed E-state index contributed by atoms with van der Waals surface area (Å²) in [6, 6.07) is 22.4. The topological polar surface area (TPSA) is 26.7 Å². The molecular weight excluding hydrogens is 387 g/mol. The molecular formula is C24H24ClFN2O. The lowest BCUT2D eigenvalue weighted by Crippen LogP contribution is -2.53.